The predicted molar refractivity (Wildman–Crippen MR) is 124 cm³/mol. The van der Waals surface area contributed by atoms with Gasteiger partial charge < -0.3 is 19.9 Å². The predicted octanol–water partition coefficient (Wildman–Crippen LogP) is 3.50. The number of hydrogen-bond acceptors (Lipinski definition) is 6. The minimum Gasteiger partial charge on any atom is -0.496 e. The number of nitrogens with two attached hydrogens (primary N) is 1. The lowest BCUT2D eigenvalue weighted by Gasteiger charge is -2.26. The van der Waals surface area contributed by atoms with Crippen LogP contribution in [0.3, 0.4) is 0 Å². The first-order valence-corrected chi connectivity index (χ1v) is 10.5. The standard InChI is InChI=1S/C24H30N2O5.ClH/c1-16(2)31-22(13-18-9-10-21(29-3)19(11-18)14-25)23(27)26-20(15-30-24(26)28)12-17-7-5-4-6-8-17;/h4-11,16,20,22H,12-15,25H2,1-3H3;1H/t20-,22?;/m0./s1. The topological polar surface area (TPSA) is 91.1 Å². The Bertz CT molecular complexity index is 907. The van der Waals surface area contributed by atoms with Gasteiger partial charge in [-0.2, -0.15) is 0 Å². The maximum atomic E-state index is 13.4. The Morgan fingerprint density at radius 2 is 1.91 bits per heavy atom. The fraction of sp³-hybridized carbons (Fsp3) is 0.417. The highest BCUT2D eigenvalue weighted by Gasteiger charge is 2.41. The molecule has 2 N–H and O–H groups in total. The van der Waals surface area contributed by atoms with Crippen LogP contribution in [0.4, 0.5) is 4.79 Å². The number of imide groups is 1. The molecule has 2 atom stereocenters. The molecule has 0 aliphatic carbocycles. The van der Waals surface area contributed by atoms with Gasteiger partial charge in [0.05, 0.1) is 19.3 Å². The first-order valence-electron chi connectivity index (χ1n) is 10.5. The molecule has 2 aromatic carbocycles. The highest BCUT2D eigenvalue weighted by atomic mass is 35.5. The Morgan fingerprint density at radius 3 is 2.53 bits per heavy atom. The highest BCUT2D eigenvalue weighted by Crippen LogP contribution is 2.24. The van der Waals surface area contributed by atoms with Gasteiger partial charge in [0, 0.05) is 18.5 Å². The van der Waals surface area contributed by atoms with Crippen LogP contribution in [-0.2, 0) is 33.7 Å². The molecule has 1 aliphatic heterocycles. The van der Waals surface area contributed by atoms with E-state index in [9.17, 15) is 9.59 Å². The zero-order chi connectivity index (χ0) is 22.4. The van der Waals surface area contributed by atoms with Crippen LogP contribution in [0.15, 0.2) is 48.5 Å². The number of cyclic esters (lactones) is 1. The van der Waals surface area contributed by atoms with E-state index in [2.05, 4.69) is 0 Å². The lowest BCUT2D eigenvalue weighted by molar-refractivity contribution is -0.144. The molecule has 1 fully saturated rings. The van der Waals surface area contributed by atoms with Crippen molar-refractivity contribution in [2.45, 2.75) is 51.5 Å². The van der Waals surface area contributed by atoms with Crippen molar-refractivity contribution in [3.8, 4) is 5.75 Å². The van der Waals surface area contributed by atoms with E-state index < -0.39 is 12.2 Å². The normalized spacial score (nSPS) is 16.5. The second kappa shape index (κ2) is 11.9. The average Bonchev–Trinajstić information content (AvgIpc) is 3.12. The van der Waals surface area contributed by atoms with Gasteiger partial charge >= 0.3 is 6.09 Å². The molecular formula is C24H31ClN2O5. The molecule has 1 heterocycles. The number of halogens is 1. The van der Waals surface area contributed by atoms with E-state index >= 15 is 0 Å². The van der Waals surface area contributed by atoms with Crippen LogP contribution in [-0.4, -0.2) is 48.9 Å². The average molecular weight is 463 g/mol. The largest absolute Gasteiger partial charge is 0.496 e. The van der Waals surface area contributed by atoms with Gasteiger partial charge in [-0.1, -0.05) is 42.5 Å². The Morgan fingerprint density at radius 1 is 1.19 bits per heavy atom. The molecule has 2 aromatic rings. The Labute approximate surface area is 195 Å². The van der Waals surface area contributed by atoms with E-state index in [0.717, 1.165) is 16.7 Å². The SMILES string of the molecule is COc1ccc(CC(OC(C)C)C(=O)N2C(=O)OC[C@@H]2Cc2ccccc2)cc1CN.Cl. The van der Waals surface area contributed by atoms with Crippen molar-refractivity contribution in [1.82, 2.24) is 4.90 Å². The van der Waals surface area contributed by atoms with E-state index in [1.807, 2.05) is 62.4 Å². The van der Waals surface area contributed by atoms with Gasteiger partial charge in [-0.25, -0.2) is 9.69 Å². The number of benzene rings is 2. The zero-order valence-electron chi connectivity index (χ0n) is 18.7. The Hall–Kier alpha value is -2.61. The maximum absolute atomic E-state index is 13.4. The number of ether oxygens (including phenoxy) is 3. The third-order valence-corrected chi connectivity index (χ3v) is 5.21. The minimum atomic E-state index is -0.817. The molecular weight excluding hydrogens is 432 g/mol. The van der Waals surface area contributed by atoms with Crippen molar-refractivity contribution < 1.29 is 23.8 Å². The van der Waals surface area contributed by atoms with Crippen LogP contribution in [0.5, 0.6) is 5.75 Å². The van der Waals surface area contributed by atoms with E-state index in [0.29, 0.717) is 25.1 Å². The van der Waals surface area contributed by atoms with Crippen LogP contribution in [0.1, 0.15) is 30.5 Å². The summed E-state index contributed by atoms with van der Waals surface area (Å²) in [5.74, 6) is 0.312. The van der Waals surface area contributed by atoms with Crippen molar-refractivity contribution in [2.24, 2.45) is 5.73 Å². The molecule has 32 heavy (non-hydrogen) atoms. The zero-order valence-corrected chi connectivity index (χ0v) is 19.5. The molecule has 0 aromatic heterocycles. The first-order chi connectivity index (χ1) is 14.9. The number of amides is 2. The number of carbonyl (C=O) groups excluding carboxylic acids is 2. The van der Waals surface area contributed by atoms with E-state index in [1.165, 1.54) is 4.90 Å². The monoisotopic (exact) mass is 462 g/mol. The third-order valence-electron chi connectivity index (χ3n) is 5.21. The molecule has 1 unspecified atom stereocenters. The van der Waals surface area contributed by atoms with Crippen molar-refractivity contribution in [1.29, 1.82) is 0 Å². The summed E-state index contributed by atoms with van der Waals surface area (Å²) in [6.45, 7) is 4.22. The van der Waals surface area contributed by atoms with Crippen molar-refractivity contribution in [3.63, 3.8) is 0 Å². The number of carbonyl (C=O) groups is 2. The Balaban J connectivity index is 0.00000363. The summed E-state index contributed by atoms with van der Waals surface area (Å²) in [4.78, 5) is 27.1. The number of methoxy groups -OCH3 is 1. The molecule has 1 aliphatic rings. The molecule has 1 saturated heterocycles. The molecule has 3 rings (SSSR count). The summed E-state index contributed by atoms with van der Waals surface area (Å²) in [6.07, 6.45) is -0.779. The van der Waals surface area contributed by atoms with Crippen molar-refractivity contribution in [2.75, 3.05) is 13.7 Å². The maximum Gasteiger partial charge on any atom is 0.417 e. The van der Waals surface area contributed by atoms with Crippen molar-refractivity contribution >= 4 is 24.4 Å². The number of rotatable bonds is 9. The molecule has 8 heteroatoms. The summed E-state index contributed by atoms with van der Waals surface area (Å²) in [5.41, 5.74) is 8.59. The van der Waals surface area contributed by atoms with Crippen LogP contribution < -0.4 is 10.5 Å². The van der Waals surface area contributed by atoms with Gasteiger partial charge in [0.1, 0.15) is 18.5 Å². The summed E-state index contributed by atoms with van der Waals surface area (Å²) in [5, 5.41) is 0. The fourth-order valence-electron chi connectivity index (χ4n) is 3.78. The quantitative estimate of drug-likeness (QED) is 0.613. The van der Waals surface area contributed by atoms with Crippen LogP contribution >= 0.6 is 12.4 Å². The molecule has 0 spiro atoms. The molecule has 0 bridgehead atoms. The smallest absolute Gasteiger partial charge is 0.417 e. The van der Waals surface area contributed by atoms with Gasteiger partial charge in [0.2, 0.25) is 0 Å². The van der Waals surface area contributed by atoms with Gasteiger partial charge in [-0.15, -0.1) is 12.4 Å². The van der Waals surface area contributed by atoms with Crippen molar-refractivity contribution in [3.05, 3.63) is 65.2 Å². The second-order valence-corrected chi connectivity index (χ2v) is 7.86. The lowest BCUT2D eigenvalue weighted by atomic mass is 10.0. The molecule has 0 radical (unpaired) electrons. The first kappa shape index (κ1) is 25.6. The summed E-state index contributed by atoms with van der Waals surface area (Å²) in [6, 6.07) is 15.0. The van der Waals surface area contributed by atoms with Gasteiger partial charge in [-0.05, 0) is 37.5 Å². The minimum absolute atomic E-state index is 0. The molecule has 7 nitrogen and oxygen atoms in total. The summed E-state index contributed by atoms with van der Waals surface area (Å²) < 4.78 is 16.5. The van der Waals surface area contributed by atoms with Crippen LogP contribution in [0.25, 0.3) is 0 Å². The van der Waals surface area contributed by atoms with Gasteiger partial charge in [0.15, 0.2) is 0 Å². The van der Waals surface area contributed by atoms with E-state index in [1.54, 1.807) is 7.11 Å². The molecule has 2 amide bonds. The molecule has 0 saturated carbocycles. The summed E-state index contributed by atoms with van der Waals surface area (Å²) >= 11 is 0. The van der Waals surface area contributed by atoms with E-state index in [-0.39, 0.29) is 37.1 Å². The fourth-order valence-corrected chi connectivity index (χ4v) is 3.78. The molecule has 174 valence electrons. The lowest BCUT2D eigenvalue weighted by Crippen LogP contribution is -2.47. The van der Waals surface area contributed by atoms with Crippen LogP contribution in [0, 0.1) is 0 Å². The third kappa shape index (κ3) is 6.22. The summed E-state index contributed by atoms with van der Waals surface area (Å²) in [7, 11) is 1.59. The number of hydrogen-bond donors (Lipinski definition) is 1. The highest BCUT2D eigenvalue weighted by molar-refractivity contribution is 5.96. The Kier molecular flexibility index (Phi) is 9.50. The van der Waals surface area contributed by atoms with Gasteiger partial charge in [-0.3, -0.25) is 4.79 Å². The number of nitrogens with zero attached hydrogens (tertiary/aromatic N) is 1. The van der Waals surface area contributed by atoms with Crippen LogP contribution in [0.2, 0.25) is 0 Å². The van der Waals surface area contributed by atoms with Gasteiger partial charge in [0.25, 0.3) is 5.91 Å². The van der Waals surface area contributed by atoms with E-state index in [4.69, 9.17) is 19.9 Å². The second-order valence-electron chi connectivity index (χ2n) is 7.86.